The molecule has 2 atom stereocenters. The Hall–Kier alpha value is -1.10. The molecule has 1 aliphatic carbocycles. The molecule has 1 saturated carbocycles. The zero-order chi connectivity index (χ0) is 14.8. The molecule has 2 rings (SSSR count). The van der Waals surface area contributed by atoms with Crippen molar-refractivity contribution in [1.82, 2.24) is 5.32 Å². The molecule has 2 unspecified atom stereocenters. The zero-order valence-corrected chi connectivity index (χ0v) is 12.4. The monoisotopic (exact) mass is 283 g/mol. The first-order valence-electron chi connectivity index (χ1n) is 7.64. The van der Waals surface area contributed by atoms with Crippen molar-refractivity contribution in [2.75, 3.05) is 6.61 Å². The molecule has 0 aromatic carbocycles. The van der Waals surface area contributed by atoms with Gasteiger partial charge >= 0.3 is 5.97 Å². The summed E-state index contributed by atoms with van der Waals surface area (Å²) >= 11 is 0. The molecule has 0 radical (unpaired) electrons. The lowest BCUT2D eigenvalue weighted by Gasteiger charge is -2.37. The van der Waals surface area contributed by atoms with E-state index in [2.05, 4.69) is 12.2 Å². The fraction of sp³-hybridized carbons (Fsp3) is 0.867. The van der Waals surface area contributed by atoms with Crippen molar-refractivity contribution >= 4 is 11.9 Å². The molecule has 0 aromatic heterocycles. The molecule has 5 heteroatoms. The van der Waals surface area contributed by atoms with Crippen LogP contribution >= 0.6 is 0 Å². The van der Waals surface area contributed by atoms with Crippen LogP contribution < -0.4 is 5.32 Å². The van der Waals surface area contributed by atoms with E-state index >= 15 is 0 Å². The summed E-state index contributed by atoms with van der Waals surface area (Å²) in [5, 5.41) is 12.4. The Bertz CT molecular complexity index is 374. The summed E-state index contributed by atoms with van der Waals surface area (Å²) in [6, 6.07) is 0. The number of amides is 1. The van der Waals surface area contributed by atoms with Gasteiger partial charge in [0, 0.05) is 0 Å². The molecule has 5 nitrogen and oxygen atoms in total. The molecule has 2 fully saturated rings. The summed E-state index contributed by atoms with van der Waals surface area (Å²) < 4.78 is 5.40. The van der Waals surface area contributed by atoms with Crippen molar-refractivity contribution in [3.8, 4) is 0 Å². The van der Waals surface area contributed by atoms with E-state index < -0.39 is 11.5 Å². The largest absolute Gasteiger partial charge is 0.480 e. The molecule has 1 heterocycles. The molecular weight excluding hydrogens is 258 g/mol. The number of carboxylic acids is 1. The molecule has 0 spiro atoms. The van der Waals surface area contributed by atoms with Gasteiger partial charge in [-0.05, 0) is 44.9 Å². The van der Waals surface area contributed by atoms with Gasteiger partial charge in [-0.1, -0.05) is 13.3 Å². The number of nitrogens with one attached hydrogen (secondary N) is 1. The second kappa shape index (κ2) is 6.12. The van der Waals surface area contributed by atoms with Gasteiger partial charge < -0.3 is 15.2 Å². The van der Waals surface area contributed by atoms with Crippen LogP contribution in [0, 0.1) is 11.8 Å². The van der Waals surface area contributed by atoms with E-state index in [9.17, 15) is 14.7 Å². The van der Waals surface area contributed by atoms with Crippen LogP contribution in [0.15, 0.2) is 0 Å². The van der Waals surface area contributed by atoms with E-state index in [0.717, 1.165) is 19.3 Å². The maximum atomic E-state index is 12.3. The fourth-order valence-electron chi connectivity index (χ4n) is 3.31. The SMILES string of the molecule is CCC1CCC(NC(=O)C2COC(C)C2)(C(=O)O)CC1. The predicted octanol–water partition coefficient (Wildman–Crippen LogP) is 1.95. The van der Waals surface area contributed by atoms with Gasteiger partial charge in [0.2, 0.25) is 5.91 Å². The van der Waals surface area contributed by atoms with Crippen molar-refractivity contribution in [1.29, 1.82) is 0 Å². The van der Waals surface area contributed by atoms with Gasteiger partial charge in [0.05, 0.1) is 18.6 Å². The number of carbonyl (C=O) groups is 2. The molecule has 1 aliphatic heterocycles. The summed E-state index contributed by atoms with van der Waals surface area (Å²) in [4.78, 5) is 23.9. The minimum Gasteiger partial charge on any atom is -0.480 e. The first-order chi connectivity index (χ1) is 9.47. The van der Waals surface area contributed by atoms with E-state index in [1.54, 1.807) is 0 Å². The normalized spacial score (nSPS) is 37.6. The van der Waals surface area contributed by atoms with Crippen molar-refractivity contribution < 1.29 is 19.4 Å². The van der Waals surface area contributed by atoms with Crippen LogP contribution in [0.3, 0.4) is 0 Å². The van der Waals surface area contributed by atoms with Crippen LogP contribution in [0.5, 0.6) is 0 Å². The summed E-state index contributed by atoms with van der Waals surface area (Å²) in [6.45, 7) is 4.47. The smallest absolute Gasteiger partial charge is 0.329 e. The van der Waals surface area contributed by atoms with Gasteiger partial charge in [0.15, 0.2) is 0 Å². The van der Waals surface area contributed by atoms with Crippen LogP contribution in [0.4, 0.5) is 0 Å². The Labute approximate surface area is 120 Å². The number of carboxylic acid groups (broad SMARTS) is 1. The number of aliphatic carboxylic acids is 1. The summed E-state index contributed by atoms with van der Waals surface area (Å²) in [7, 11) is 0. The van der Waals surface area contributed by atoms with Crippen molar-refractivity contribution in [3.63, 3.8) is 0 Å². The van der Waals surface area contributed by atoms with E-state index in [0.29, 0.717) is 31.8 Å². The lowest BCUT2D eigenvalue weighted by Crippen LogP contribution is -2.57. The Morgan fingerprint density at radius 3 is 2.45 bits per heavy atom. The number of hydrogen-bond donors (Lipinski definition) is 2. The summed E-state index contributed by atoms with van der Waals surface area (Å²) in [5.41, 5.74) is -1.06. The van der Waals surface area contributed by atoms with Crippen LogP contribution in [0.1, 0.15) is 52.4 Å². The molecule has 0 bridgehead atoms. The quantitative estimate of drug-likeness (QED) is 0.827. The van der Waals surface area contributed by atoms with Crippen LogP contribution in [-0.4, -0.2) is 35.2 Å². The number of hydrogen-bond acceptors (Lipinski definition) is 3. The molecule has 20 heavy (non-hydrogen) atoms. The second-order valence-electron chi connectivity index (χ2n) is 6.30. The van der Waals surface area contributed by atoms with Crippen molar-refractivity contribution in [2.24, 2.45) is 11.8 Å². The third-order valence-electron chi connectivity index (χ3n) is 4.88. The highest BCUT2D eigenvalue weighted by atomic mass is 16.5. The highest BCUT2D eigenvalue weighted by Gasteiger charge is 2.44. The maximum Gasteiger partial charge on any atom is 0.329 e. The Morgan fingerprint density at radius 1 is 1.35 bits per heavy atom. The fourth-order valence-corrected chi connectivity index (χ4v) is 3.31. The molecule has 114 valence electrons. The predicted molar refractivity (Wildman–Crippen MR) is 74.3 cm³/mol. The second-order valence-corrected chi connectivity index (χ2v) is 6.30. The highest BCUT2D eigenvalue weighted by Crippen LogP contribution is 2.34. The number of carbonyl (C=O) groups excluding carboxylic acids is 1. The highest BCUT2D eigenvalue weighted by molar-refractivity contribution is 5.88. The summed E-state index contributed by atoms with van der Waals surface area (Å²) in [5.74, 6) is -0.668. The van der Waals surface area contributed by atoms with E-state index in [1.165, 1.54) is 0 Å². The number of rotatable bonds is 4. The Kier molecular flexibility index (Phi) is 4.68. The number of ether oxygens (including phenoxy) is 1. The molecular formula is C15H25NO4. The van der Waals surface area contributed by atoms with Crippen molar-refractivity contribution in [2.45, 2.75) is 64.0 Å². The maximum absolute atomic E-state index is 12.3. The van der Waals surface area contributed by atoms with E-state index in [1.807, 2.05) is 6.92 Å². The van der Waals surface area contributed by atoms with Crippen LogP contribution in [-0.2, 0) is 14.3 Å². The van der Waals surface area contributed by atoms with E-state index in [4.69, 9.17) is 4.74 Å². The zero-order valence-electron chi connectivity index (χ0n) is 12.4. The third kappa shape index (κ3) is 3.14. The minimum absolute atomic E-state index is 0.0855. The van der Waals surface area contributed by atoms with Crippen molar-refractivity contribution in [3.05, 3.63) is 0 Å². The minimum atomic E-state index is -1.06. The van der Waals surface area contributed by atoms with Crippen LogP contribution in [0.25, 0.3) is 0 Å². The molecule has 2 N–H and O–H groups in total. The summed E-state index contributed by atoms with van der Waals surface area (Å²) in [6.07, 6.45) is 4.67. The molecule has 1 saturated heterocycles. The van der Waals surface area contributed by atoms with Gasteiger partial charge in [-0.3, -0.25) is 4.79 Å². The lowest BCUT2D eigenvalue weighted by atomic mass is 9.75. The lowest BCUT2D eigenvalue weighted by molar-refractivity contribution is -0.150. The first-order valence-corrected chi connectivity index (χ1v) is 7.64. The third-order valence-corrected chi connectivity index (χ3v) is 4.88. The van der Waals surface area contributed by atoms with Gasteiger partial charge in [-0.25, -0.2) is 4.79 Å². The average molecular weight is 283 g/mol. The van der Waals surface area contributed by atoms with Gasteiger partial charge in [-0.15, -0.1) is 0 Å². The van der Waals surface area contributed by atoms with Gasteiger partial charge in [-0.2, -0.15) is 0 Å². The first kappa shape index (κ1) is 15.3. The van der Waals surface area contributed by atoms with Crippen LogP contribution in [0.2, 0.25) is 0 Å². The van der Waals surface area contributed by atoms with Gasteiger partial charge in [0.25, 0.3) is 0 Å². The Morgan fingerprint density at radius 2 is 2.00 bits per heavy atom. The average Bonchev–Trinajstić information content (AvgIpc) is 2.86. The topological polar surface area (TPSA) is 75.6 Å². The molecule has 2 aliphatic rings. The molecule has 0 aromatic rings. The van der Waals surface area contributed by atoms with Gasteiger partial charge in [0.1, 0.15) is 5.54 Å². The van der Waals surface area contributed by atoms with E-state index in [-0.39, 0.29) is 17.9 Å². The Balaban J connectivity index is 1.99. The molecule has 1 amide bonds. The standard InChI is InChI=1S/C15H25NO4/c1-3-11-4-6-15(7-5-11,14(18)19)16-13(17)12-8-10(2)20-9-12/h10-12H,3-9H2,1-2H3,(H,16,17)(H,18,19).